The molecule has 0 spiro atoms. The van der Waals surface area contributed by atoms with Crippen LogP contribution in [0.4, 0.5) is 11.5 Å². The van der Waals surface area contributed by atoms with Crippen LogP contribution in [0.2, 0.25) is 0 Å². The molecule has 1 fully saturated rings. The lowest BCUT2D eigenvalue weighted by molar-refractivity contribution is -0.137. The molecule has 0 unspecified atom stereocenters. The molecule has 10 nitrogen and oxygen atoms in total. The topological polar surface area (TPSA) is 146 Å². The molecule has 1 saturated carbocycles. The maximum Gasteiger partial charge on any atom is 0.338 e. The minimum absolute atomic E-state index is 0.0757. The molecule has 1 aliphatic rings. The molecule has 0 amide bonds. The zero-order valence-corrected chi connectivity index (χ0v) is 15.9. The molecule has 3 rings (SSSR count). The predicted molar refractivity (Wildman–Crippen MR) is 105 cm³/mol. The molecule has 29 heavy (non-hydrogen) atoms. The smallest absolute Gasteiger partial charge is 0.338 e. The van der Waals surface area contributed by atoms with Crippen molar-refractivity contribution in [3.63, 3.8) is 0 Å². The highest BCUT2D eigenvalue weighted by Gasteiger charge is 2.24. The Balaban J connectivity index is 2.00. The number of hydrogen-bond acceptors (Lipinski definition) is 8. The van der Waals surface area contributed by atoms with Crippen molar-refractivity contribution < 1.29 is 24.2 Å². The molecule has 4 N–H and O–H groups in total. The van der Waals surface area contributed by atoms with Gasteiger partial charge in [0.1, 0.15) is 13.2 Å². The Kier molecular flexibility index (Phi) is 6.13. The highest BCUT2D eigenvalue weighted by atomic mass is 16.6. The van der Waals surface area contributed by atoms with Crippen molar-refractivity contribution in [1.29, 1.82) is 0 Å². The van der Waals surface area contributed by atoms with Crippen molar-refractivity contribution in [2.75, 3.05) is 31.4 Å². The summed E-state index contributed by atoms with van der Waals surface area (Å²) in [6, 6.07) is 4.64. The normalized spacial score (nSPS) is 13.1. The van der Waals surface area contributed by atoms with E-state index in [0.29, 0.717) is 5.56 Å². The van der Waals surface area contributed by atoms with Gasteiger partial charge in [-0.25, -0.2) is 9.78 Å². The first kappa shape index (κ1) is 20.3. The number of aliphatic carboxylic acids is 1. The molecule has 2 aromatic rings. The average molecular weight is 402 g/mol. The Morgan fingerprint density at radius 1 is 1.31 bits per heavy atom. The summed E-state index contributed by atoms with van der Waals surface area (Å²) in [6.45, 7) is -0.233. The van der Waals surface area contributed by atoms with Gasteiger partial charge in [0, 0.05) is 24.4 Å². The summed E-state index contributed by atoms with van der Waals surface area (Å²) in [5, 5.41) is 12.3. The van der Waals surface area contributed by atoms with Gasteiger partial charge in [-0.2, -0.15) is 0 Å². The van der Waals surface area contributed by atoms with Gasteiger partial charge >= 0.3 is 11.9 Å². The van der Waals surface area contributed by atoms with Gasteiger partial charge in [0.2, 0.25) is 0 Å². The van der Waals surface area contributed by atoms with E-state index in [9.17, 15) is 19.5 Å². The Bertz CT molecular complexity index is 983. The standard InChI is InChI=1S/C19H22N4O6/c1-28-4-5-29-19(27)12-6-11(7-13(20)8-12)15-9-21-17(22-14-2-3-14)18(26)23(15)10-16(24)25/h6-9,14H,2-5,10,20H2,1H3,(H,21,22)(H,24,25). The summed E-state index contributed by atoms with van der Waals surface area (Å²) in [5.41, 5.74) is 6.41. The average Bonchev–Trinajstić information content (AvgIpc) is 3.48. The predicted octanol–water partition coefficient (Wildman–Crippen LogP) is 0.955. The third kappa shape index (κ3) is 5.11. The molecule has 1 aliphatic carbocycles. The Labute approximate surface area is 166 Å². The SMILES string of the molecule is COCCOC(=O)c1cc(N)cc(-c2cnc(NC3CC3)c(=O)n2CC(=O)O)c1. The number of rotatable bonds is 9. The first-order chi connectivity index (χ1) is 13.9. The summed E-state index contributed by atoms with van der Waals surface area (Å²) in [7, 11) is 1.49. The summed E-state index contributed by atoms with van der Waals surface area (Å²) in [6.07, 6.45) is 3.26. The molecule has 1 aromatic heterocycles. The Morgan fingerprint density at radius 3 is 2.72 bits per heavy atom. The quantitative estimate of drug-likeness (QED) is 0.317. The number of carboxylic acid groups (broad SMARTS) is 1. The fourth-order valence-corrected chi connectivity index (χ4v) is 2.75. The maximum atomic E-state index is 12.8. The van der Waals surface area contributed by atoms with Gasteiger partial charge in [-0.1, -0.05) is 0 Å². The number of esters is 1. The molecule has 0 bridgehead atoms. The van der Waals surface area contributed by atoms with Crippen LogP contribution in [0.3, 0.4) is 0 Å². The molecule has 10 heteroatoms. The first-order valence-corrected chi connectivity index (χ1v) is 9.04. The molecule has 0 radical (unpaired) electrons. The summed E-state index contributed by atoms with van der Waals surface area (Å²) in [5.74, 6) is -1.69. The van der Waals surface area contributed by atoms with Gasteiger partial charge in [0.05, 0.1) is 24.1 Å². The number of nitrogens with two attached hydrogens (primary N) is 1. The summed E-state index contributed by atoms with van der Waals surface area (Å²) < 4.78 is 11.0. The third-order valence-corrected chi connectivity index (χ3v) is 4.27. The van der Waals surface area contributed by atoms with Crippen LogP contribution in [0.1, 0.15) is 23.2 Å². The zero-order chi connectivity index (χ0) is 21.0. The molecule has 154 valence electrons. The van der Waals surface area contributed by atoms with Gasteiger partial charge in [-0.15, -0.1) is 0 Å². The number of nitrogens with zero attached hydrogens (tertiary/aromatic N) is 2. The lowest BCUT2D eigenvalue weighted by atomic mass is 10.1. The van der Waals surface area contributed by atoms with Crippen molar-refractivity contribution in [3.8, 4) is 11.3 Å². The van der Waals surface area contributed by atoms with Crippen LogP contribution in [0, 0.1) is 0 Å². The Hall–Kier alpha value is -3.40. The fraction of sp³-hybridized carbons (Fsp3) is 0.368. The molecular weight excluding hydrogens is 380 g/mol. The highest BCUT2D eigenvalue weighted by Crippen LogP contribution is 2.25. The number of nitrogens with one attached hydrogen (secondary N) is 1. The van der Waals surface area contributed by atoms with Crippen LogP contribution in [-0.2, 0) is 20.8 Å². The van der Waals surface area contributed by atoms with E-state index >= 15 is 0 Å². The van der Waals surface area contributed by atoms with E-state index < -0.39 is 24.0 Å². The third-order valence-electron chi connectivity index (χ3n) is 4.27. The molecular formula is C19H22N4O6. The van der Waals surface area contributed by atoms with E-state index in [1.54, 1.807) is 0 Å². The van der Waals surface area contributed by atoms with Gasteiger partial charge in [0.25, 0.3) is 5.56 Å². The largest absolute Gasteiger partial charge is 0.480 e. The number of methoxy groups -OCH3 is 1. The Morgan fingerprint density at radius 2 is 2.07 bits per heavy atom. The van der Waals surface area contributed by atoms with Crippen molar-refractivity contribution >= 4 is 23.4 Å². The number of anilines is 2. The lowest BCUT2D eigenvalue weighted by Crippen LogP contribution is -2.29. The fourth-order valence-electron chi connectivity index (χ4n) is 2.75. The van der Waals surface area contributed by atoms with Crippen LogP contribution >= 0.6 is 0 Å². The second-order valence-electron chi connectivity index (χ2n) is 6.67. The zero-order valence-electron chi connectivity index (χ0n) is 15.9. The van der Waals surface area contributed by atoms with E-state index in [1.165, 1.54) is 31.5 Å². The maximum absolute atomic E-state index is 12.8. The van der Waals surface area contributed by atoms with E-state index in [0.717, 1.165) is 17.4 Å². The summed E-state index contributed by atoms with van der Waals surface area (Å²) in [4.78, 5) is 40.5. The monoisotopic (exact) mass is 402 g/mol. The van der Waals surface area contributed by atoms with E-state index in [4.69, 9.17) is 15.2 Å². The molecule has 1 heterocycles. The van der Waals surface area contributed by atoms with E-state index in [2.05, 4.69) is 10.3 Å². The number of carbonyl (C=O) groups is 2. The van der Waals surface area contributed by atoms with Crippen molar-refractivity contribution in [2.24, 2.45) is 0 Å². The second kappa shape index (κ2) is 8.74. The number of aromatic nitrogens is 2. The van der Waals surface area contributed by atoms with Gasteiger partial charge in [-0.3, -0.25) is 14.2 Å². The van der Waals surface area contributed by atoms with Crippen LogP contribution in [0.5, 0.6) is 0 Å². The van der Waals surface area contributed by atoms with E-state index in [-0.39, 0.29) is 42.0 Å². The van der Waals surface area contributed by atoms with Crippen LogP contribution in [0.15, 0.2) is 29.2 Å². The summed E-state index contributed by atoms with van der Waals surface area (Å²) >= 11 is 0. The number of carboxylic acids is 1. The van der Waals surface area contributed by atoms with E-state index in [1.807, 2.05) is 0 Å². The minimum atomic E-state index is -1.18. The minimum Gasteiger partial charge on any atom is -0.480 e. The van der Waals surface area contributed by atoms with Crippen molar-refractivity contribution in [1.82, 2.24) is 9.55 Å². The van der Waals surface area contributed by atoms with Crippen molar-refractivity contribution in [3.05, 3.63) is 40.3 Å². The molecule has 1 aromatic carbocycles. The second-order valence-corrected chi connectivity index (χ2v) is 6.67. The molecule has 0 atom stereocenters. The van der Waals surface area contributed by atoms with Crippen LogP contribution in [0.25, 0.3) is 11.3 Å². The number of carbonyl (C=O) groups excluding carboxylic acids is 1. The molecule has 0 saturated heterocycles. The van der Waals surface area contributed by atoms with Crippen LogP contribution in [-0.4, -0.2) is 53.0 Å². The van der Waals surface area contributed by atoms with Gasteiger partial charge in [0.15, 0.2) is 5.82 Å². The van der Waals surface area contributed by atoms with Gasteiger partial charge < -0.3 is 25.6 Å². The number of nitrogen functional groups attached to an aromatic ring is 1. The van der Waals surface area contributed by atoms with Crippen molar-refractivity contribution in [2.45, 2.75) is 25.4 Å². The number of ether oxygens (including phenoxy) is 2. The number of hydrogen-bond donors (Lipinski definition) is 3. The lowest BCUT2D eigenvalue weighted by Gasteiger charge is -2.14. The van der Waals surface area contributed by atoms with Crippen LogP contribution < -0.4 is 16.6 Å². The first-order valence-electron chi connectivity index (χ1n) is 9.04. The highest BCUT2D eigenvalue weighted by molar-refractivity contribution is 5.92. The van der Waals surface area contributed by atoms with Gasteiger partial charge in [-0.05, 0) is 31.0 Å². The molecule has 0 aliphatic heterocycles. The number of benzene rings is 1.